The summed E-state index contributed by atoms with van der Waals surface area (Å²) in [5.41, 5.74) is 2.39. The minimum atomic E-state index is -0.484. The highest BCUT2D eigenvalue weighted by Crippen LogP contribution is 2.24. The van der Waals surface area contributed by atoms with Crippen molar-refractivity contribution in [3.63, 3.8) is 0 Å². The van der Waals surface area contributed by atoms with Crippen molar-refractivity contribution in [2.75, 3.05) is 17.2 Å². The maximum atomic E-state index is 13.2. The summed E-state index contributed by atoms with van der Waals surface area (Å²) in [6.45, 7) is 4.02. The molecular weight excluding hydrogens is 319 g/mol. The normalized spacial score (nSPS) is 11.7. The Morgan fingerprint density at radius 3 is 2.48 bits per heavy atom. The van der Waals surface area contributed by atoms with E-state index in [1.807, 2.05) is 19.1 Å². The largest absolute Gasteiger partial charge is 0.450 e. The lowest BCUT2D eigenvalue weighted by Gasteiger charge is -2.16. The quantitative estimate of drug-likeness (QED) is 0.787. The van der Waals surface area contributed by atoms with E-state index in [0.29, 0.717) is 12.3 Å². The van der Waals surface area contributed by atoms with Gasteiger partial charge in [-0.2, -0.15) is 0 Å². The lowest BCUT2D eigenvalue weighted by molar-refractivity contribution is 0.168. The number of anilines is 2. The SMILES string of the molecule is CCOC(=O)Nc1ccc(NC(C)c2ccc(F)c(Cl)c2)cc1. The summed E-state index contributed by atoms with van der Waals surface area (Å²) < 4.78 is 18.0. The molecule has 4 nitrogen and oxygen atoms in total. The van der Waals surface area contributed by atoms with Crippen LogP contribution in [0.2, 0.25) is 5.02 Å². The summed E-state index contributed by atoms with van der Waals surface area (Å²) >= 11 is 5.80. The molecule has 0 spiro atoms. The summed E-state index contributed by atoms with van der Waals surface area (Å²) in [5, 5.41) is 6.01. The van der Waals surface area contributed by atoms with Crippen LogP contribution in [0.1, 0.15) is 25.5 Å². The van der Waals surface area contributed by atoms with Gasteiger partial charge in [-0.05, 0) is 55.8 Å². The van der Waals surface area contributed by atoms with Crippen LogP contribution in [0.25, 0.3) is 0 Å². The van der Waals surface area contributed by atoms with E-state index in [0.717, 1.165) is 11.3 Å². The number of benzene rings is 2. The fraction of sp³-hybridized carbons (Fsp3) is 0.235. The van der Waals surface area contributed by atoms with Gasteiger partial charge in [0.1, 0.15) is 5.82 Å². The predicted octanol–water partition coefficient (Wildman–Crippen LogP) is 5.22. The molecule has 0 radical (unpaired) electrons. The molecule has 0 saturated heterocycles. The number of amides is 1. The number of nitrogens with one attached hydrogen (secondary N) is 2. The molecule has 0 aliphatic carbocycles. The zero-order valence-electron chi connectivity index (χ0n) is 12.9. The van der Waals surface area contributed by atoms with Crippen LogP contribution in [0.5, 0.6) is 0 Å². The zero-order chi connectivity index (χ0) is 16.8. The van der Waals surface area contributed by atoms with Crippen molar-refractivity contribution in [3.8, 4) is 0 Å². The molecule has 1 amide bonds. The molecule has 0 fully saturated rings. The number of rotatable bonds is 5. The summed E-state index contributed by atoms with van der Waals surface area (Å²) in [5.74, 6) is -0.433. The molecule has 0 aromatic heterocycles. The van der Waals surface area contributed by atoms with Crippen LogP contribution in [0, 0.1) is 5.82 Å². The molecule has 0 aliphatic heterocycles. The molecular formula is C17H18ClFN2O2. The molecule has 122 valence electrons. The van der Waals surface area contributed by atoms with Crippen molar-refractivity contribution in [3.05, 3.63) is 58.9 Å². The number of ether oxygens (including phenoxy) is 1. The van der Waals surface area contributed by atoms with Gasteiger partial charge in [-0.3, -0.25) is 5.32 Å². The second kappa shape index (κ2) is 7.83. The molecule has 0 aliphatic rings. The molecule has 0 heterocycles. The first-order valence-electron chi connectivity index (χ1n) is 7.25. The summed E-state index contributed by atoms with van der Waals surface area (Å²) in [7, 11) is 0. The van der Waals surface area contributed by atoms with E-state index in [9.17, 15) is 9.18 Å². The van der Waals surface area contributed by atoms with E-state index in [4.69, 9.17) is 16.3 Å². The maximum absolute atomic E-state index is 13.2. The van der Waals surface area contributed by atoms with Gasteiger partial charge < -0.3 is 10.1 Å². The van der Waals surface area contributed by atoms with E-state index in [-0.39, 0.29) is 11.1 Å². The monoisotopic (exact) mass is 336 g/mol. The molecule has 2 rings (SSSR count). The Morgan fingerprint density at radius 2 is 1.87 bits per heavy atom. The van der Waals surface area contributed by atoms with E-state index in [2.05, 4.69) is 10.6 Å². The van der Waals surface area contributed by atoms with Gasteiger partial charge in [0.15, 0.2) is 0 Å². The third kappa shape index (κ3) is 4.86. The molecule has 1 unspecified atom stereocenters. The first-order chi connectivity index (χ1) is 11.0. The Hall–Kier alpha value is -2.27. The minimum absolute atomic E-state index is 0.0445. The van der Waals surface area contributed by atoms with Gasteiger partial charge in [0.2, 0.25) is 0 Å². The van der Waals surface area contributed by atoms with Crippen LogP contribution in [0.4, 0.5) is 20.6 Å². The fourth-order valence-corrected chi connectivity index (χ4v) is 2.24. The lowest BCUT2D eigenvalue weighted by Crippen LogP contribution is -2.13. The van der Waals surface area contributed by atoms with Gasteiger partial charge in [0.25, 0.3) is 0 Å². The molecule has 0 bridgehead atoms. The topological polar surface area (TPSA) is 50.4 Å². The second-order valence-electron chi connectivity index (χ2n) is 4.96. The van der Waals surface area contributed by atoms with Gasteiger partial charge >= 0.3 is 6.09 Å². The molecule has 2 aromatic rings. The van der Waals surface area contributed by atoms with Crippen LogP contribution < -0.4 is 10.6 Å². The number of hydrogen-bond acceptors (Lipinski definition) is 3. The number of halogens is 2. The van der Waals surface area contributed by atoms with E-state index in [1.54, 1.807) is 31.2 Å². The second-order valence-corrected chi connectivity index (χ2v) is 5.37. The fourth-order valence-electron chi connectivity index (χ4n) is 2.05. The molecule has 0 saturated carbocycles. The van der Waals surface area contributed by atoms with Crippen LogP contribution >= 0.6 is 11.6 Å². The van der Waals surface area contributed by atoms with Gasteiger partial charge in [0.05, 0.1) is 11.6 Å². The average Bonchev–Trinajstić information content (AvgIpc) is 2.52. The van der Waals surface area contributed by atoms with Gasteiger partial charge in [-0.25, -0.2) is 9.18 Å². The maximum Gasteiger partial charge on any atom is 0.411 e. The van der Waals surface area contributed by atoms with Crippen molar-refractivity contribution in [1.82, 2.24) is 0 Å². The van der Waals surface area contributed by atoms with Crippen LogP contribution in [0.3, 0.4) is 0 Å². The lowest BCUT2D eigenvalue weighted by atomic mass is 10.1. The summed E-state index contributed by atoms with van der Waals surface area (Å²) in [6.07, 6.45) is -0.484. The third-order valence-corrected chi connectivity index (χ3v) is 3.52. The molecule has 2 N–H and O–H groups in total. The van der Waals surface area contributed by atoms with E-state index >= 15 is 0 Å². The Bertz CT molecular complexity index is 677. The highest BCUT2D eigenvalue weighted by atomic mass is 35.5. The molecule has 1 atom stereocenters. The summed E-state index contributed by atoms with van der Waals surface area (Å²) in [6, 6.07) is 11.8. The van der Waals surface area contributed by atoms with Gasteiger partial charge in [-0.15, -0.1) is 0 Å². The zero-order valence-corrected chi connectivity index (χ0v) is 13.7. The van der Waals surface area contributed by atoms with Crippen molar-refractivity contribution in [2.45, 2.75) is 19.9 Å². The van der Waals surface area contributed by atoms with Crippen molar-refractivity contribution in [1.29, 1.82) is 0 Å². The Balaban J connectivity index is 1.99. The standard InChI is InChI=1S/C17H18ClFN2O2/c1-3-23-17(22)21-14-7-5-13(6-8-14)20-11(2)12-4-9-16(19)15(18)10-12/h4-11,20H,3H2,1-2H3,(H,21,22). The average molecular weight is 337 g/mol. The van der Waals surface area contributed by atoms with Crippen LogP contribution in [-0.4, -0.2) is 12.7 Å². The summed E-state index contributed by atoms with van der Waals surface area (Å²) in [4.78, 5) is 11.3. The number of carbonyl (C=O) groups is 1. The number of carbonyl (C=O) groups excluding carboxylic acids is 1. The third-order valence-electron chi connectivity index (χ3n) is 3.23. The van der Waals surface area contributed by atoms with E-state index in [1.165, 1.54) is 6.07 Å². The van der Waals surface area contributed by atoms with Crippen molar-refractivity contribution in [2.24, 2.45) is 0 Å². The predicted molar refractivity (Wildman–Crippen MR) is 90.5 cm³/mol. The molecule has 23 heavy (non-hydrogen) atoms. The minimum Gasteiger partial charge on any atom is -0.450 e. The van der Waals surface area contributed by atoms with E-state index < -0.39 is 11.9 Å². The Morgan fingerprint density at radius 1 is 1.22 bits per heavy atom. The molecule has 6 heteroatoms. The van der Waals surface area contributed by atoms with Crippen molar-refractivity contribution >= 4 is 29.1 Å². The Kier molecular flexibility index (Phi) is 5.82. The highest BCUT2D eigenvalue weighted by molar-refractivity contribution is 6.30. The Labute approximate surface area is 139 Å². The van der Waals surface area contributed by atoms with Crippen molar-refractivity contribution < 1.29 is 13.9 Å². The van der Waals surface area contributed by atoms with Gasteiger partial charge in [0, 0.05) is 17.4 Å². The van der Waals surface area contributed by atoms with Crippen LogP contribution in [-0.2, 0) is 4.74 Å². The highest BCUT2D eigenvalue weighted by Gasteiger charge is 2.09. The molecule has 2 aromatic carbocycles. The number of hydrogen-bond donors (Lipinski definition) is 2. The van der Waals surface area contributed by atoms with Crippen LogP contribution in [0.15, 0.2) is 42.5 Å². The first kappa shape index (κ1) is 17.1. The first-order valence-corrected chi connectivity index (χ1v) is 7.62. The smallest absolute Gasteiger partial charge is 0.411 e. The van der Waals surface area contributed by atoms with Gasteiger partial charge in [-0.1, -0.05) is 17.7 Å².